The van der Waals surface area contributed by atoms with Crippen molar-refractivity contribution in [2.45, 2.75) is 18.8 Å². The highest BCUT2D eigenvalue weighted by molar-refractivity contribution is 5.87. The molecule has 17 heavy (non-hydrogen) atoms. The van der Waals surface area contributed by atoms with Gasteiger partial charge in [0.15, 0.2) is 0 Å². The second-order valence-corrected chi connectivity index (χ2v) is 3.80. The zero-order valence-electron chi connectivity index (χ0n) is 9.26. The van der Waals surface area contributed by atoms with E-state index in [1.165, 1.54) is 6.20 Å². The molecule has 0 aromatic carbocycles. The maximum Gasteiger partial charge on any atom is 0.337 e. The molecule has 2 rings (SSSR count). The lowest BCUT2D eigenvalue weighted by Gasteiger charge is -2.21. The third-order valence-electron chi connectivity index (χ3n) is 2.79. The molecule has 0 unspecified atom stereocenters. The molecule has 1 aliphatic rings. The molecule has 0 atom stereocenters. The van der Waals surface area contributed by atoms with E-state index in [1.807, 2.05) is 6.07 Å². The van der Waals surface area contributed by atoms with Crippen LogP contribution in [0.1, 0.15) is 34.8 Å². The summed E-state index contributed by atoms with van der Waals surface area (Å²) in [7, 11) is 0. The molecule has 1 saturated heterocycles. The van der Waals surface area contributed by atoms with Crippen LogP contribution in [0.3, 0.4) is 0 Å². The van der Waals surface area contributed by atoms with E-state index in [-0.39, 0.29) is 30.4 Å². The highest BCUT2D eigenvalue weighted by Crippen LogP contribution is 2.23. The summed E-state index contributed by atoms with van der Waals surface area (Å²) in [5.74, 6) is -0.437. The van der Waals surface area contributed by atoms with Gasteiger partial charge in [-0.3, -0.25) is 4.98 Å². The number of nitrogens with one attached hydrogen (secondary N) is 1. The number of rotatable bonds is 2. The summed E-state index contributed by atoms with van der Waals surface area (Å²) in [6.07, 6.45) is 3.61. The Kier molecular flexibility index (Phi) is 7.11. The lowest BCUT2D eigenvalue weighted by atomic mass is 9.94. The molecule has 96 valence electrons. The number of nitrogens with zero attached hydrogens (tertiary/aromatic N) is 1. The minimum atomic E-state index is -0.917. The van der Waals surface area contributed by atoms with Crippen LogP contribution in [0, 0.1) is 0 Å². The summed E-state index contributed by atoms with van der Waals surface area (Å²) in [5, 5.41) is 12.0. The van der Waals surface area contributed by atoms with Gasteiger partial charge in [0.25, 0.3) is 0 Å². The van der Waals surface area contributed by atoms with Crippen molar-refractivity contribution in [3.05, 3.63) is 29.6 Å². The fourth-order valence-electron chi connectivity index (χ4n) is 1.89. The Bertz CT molecular complexity index is 351. The SMILES string of the molecule is Cl.Cl.O=C(O)c1ccc(C2CCNCC2)nc1. The Hall–Kier alpha value is -0.840. The zero-order valence-corrected chi connectivity index (χ0v) is 10.9. The average Bonchev–Trinajstić information content (AvgIpc) is 2.30. The van der Waals surface area contributed by atoms with Crippen LogP contribution in [-0.2, 0) is 0 Å². The van der Waals surface area contributed by atoms with Gasteiger partial charge in [-0.1, -0.05) is 0 Å². The van der Waals surface area contributed by atoms with Gasteiger partial charge in [-0.05, 0) is 38.1 Å². The largest absolute Gasteiger partial charge is 0.478 e. The molecule has 0 saturated carbocycles. The Labute approximate surface area is 113 Å². The van der Waals surface area contributed by atoms with Crippen molar-refractivity contribution in [3.8, 4) is 0 Å². The average molecular weight is 279 g/mol. The fourth-order valence-corrected chi connectivity index (χ4v) is 1.89. The molecule has 6 heteroatoms. The van der Waals surface area contributed by atoms with Gasteiger partial charge in [0, 0.05) is 17.8 Å². The summed E-state index contributed by atoms with van der Waals surface area (Å²) in [6, 6.07) is 3.46. The van der Waals surface area contributed by atoms with Crippen molar-refractivity contribution in [3.63, 3.8) is 0 Å². The number of piperidine rings is 1. The standard InChI is InChI=1S/C11H14N2O2.2ClH/c14-11(15)9-1-2-10(13-7-9)8-3-5-12-6-4-8;;/h1-2,7-8,12H,3-6H2,(H,14,15);2*1H. The van der Waals surface area contributed by atoms with Crippen molar-refractivity contribution < 1.29 is 9.90 Å². The molecule has 0 amide bonds. The van der Waals surface area contributed by atoms with Crippen molar-refractivity contribution in [1.29, 1.82) is 0 Å². The third-order valence-corrected chi connectivity index (χ3v) is 2.79. The van der Waals surface area contributed by atoms with Gasteiger partial charge in [0.1, 0.15) is 0 Å². The van der Waals surface area contributed by atoms with Crippen LogP contribution in [-0.4, -0.2) is 29.1 Å². The summed E-state index contributed by atoms with van der Waals surface area (Å²) < 4.78 is 0. The van der Waals surface area contributed by atoms with Crippen molar-refractivity contribution in [2.24, 2.45) is 0 Å². The first-order chi connectivity index (χ1) is 7.27. The van der Waals surface area contributed by atoms with E-state index in [4.69, 9.17) is 5.11 Å². The molecule has 1 aromatic heterocycles. The first-order valence-electron chi connectivity index (χ1n) is 5.17. The molecule has 2 N–H and O–H groups in total. The molecule has 0 bridgehead atoms. The maximum absolute atomic E-state index is 10.6. The molecule has 1 fully saturated rings. The van der Waals surface area contributed by atoms with E-state index >= 15 is 0 Å². The smallest absolute Gasteiger partial charge is 0.337 e. The normalized spacial score (nSPS) is 15.5. The monoisotopic (exact) mass is 278 g/mol. The van der Waals surface area contributed by atoms with Gasteiger partial charge in [-0.15, -0.1) is 24.8 Å². The Morgan fingerprint density at radius 3 is 2.41 bits per heavy atom. The summed E-state index contributed by atoms with van der Waals surface area (Å²) in [4.78, 5) is 14.9. The lowest BCUT2D eigenvalue weighted by molar-refractivity contribution is 0.0696. The first kappa shape index (κ1) is 16.2. The molecule has 4 nitrogen and oxygen atoms in total. The number of carboxylic acid groups (broad SMARTS) is 1. The second-order valence-electron chi connectivity index (χ2n) is 3.80. The number of hydrogen-bond acceptors (Lipinski definition) is 3. The number of carbonyl (C=O) groups is 1. The van der Waals surface area contributed by atoms with Crippen LogP contribution in [0.5, 0.6) is 0 Å². The van der Waals surface area contributed by atoms with Crippen LogP contribution in [0.4, 0.5) is 0 Å². The summed E-state index contributed by atoms with van der Waals surface area (Å²) in [5.41, 5.74) is 1.27. The molecule has 1 aliphatic heterocycles. The maximum atomic E-state index is 10.6. The van der Waals surface area contributed by atoms with Gasteiger partial charge in [-0.25, -0.2) is 4.79 Å². The van der Waals surface area contributed by atoms with Crippen molar-refractivity contribution in [2.75, 3.05) is 13.1 Å². The van der Waals surface area contributed by atoms with Gasteiger partial charge in [-0.2, -0.15) is 0 Å². The predicted molar refractivity (Wildman–Crippen MR) is 70.5 cm³/mol. The highest BCUT2D eigenvalue weighted by atomic mass is 35.5. The first-order valence-corrected chi connectivity index (χ1v) is 5.17. The molecule has 2 heterocycles. The van der Waals surface area contributed by atoms with E-state index < -0.39 is 5.97 Å². The second kappa shape index (κ2) is 7.48. The van der Waals surface area contributed by atoms with E-state index in [9.17, 15) is 4.79 Å². The number of aromatic carboxylic acids is 1. The molecule has 0 spiro atoms. The summed E-state index contributed by atoms with van der Waals surface area (Å²) >= 11 is 0. The quantitative estimate of drug-likeness (QED) is 0.870. The molecular formula is C11H16Cl2N2O2. The number of aromatic nitrogens is 1. The molecule has 1 aromatic rings. The van der Waals surface area contributed by atoms with E-state index in [1.54, 1.807) is 6.07 Å². The molecule has 0 aliphatic carbocycles. The van der Waals surface area contributed by atoms with Crippen LogP contribution in [0.2, 0.25) is 0 Å². The minimum absolute atomic E-state index is 0. The van der Waals surface area contributed by atoms with Crippen LogP contribution in [0.25, 0.3) is 0 Å². The number of hydrogen-bond donors (Lipinski definition) is 2. The van der Waals surface area contributed by atoms with Crippen LogP contribution >= 0.6 is 24.8 Å². The molecule has 0 radical (unpaired) electrons. The fraction of sp³-hybridized carbons (Fsp3) is 0.455. The minimum Gasteiger partial charge on any atom is -0.478 e. The Balaban J connectivity index is 0.00000128. The van der Waals surface area contributed by atoms with E-state index in [2.05, 4.69) is 10.3 Å². The number of carboxylic acids is 1. The zero-order chi connectivity index (χ0) is 10.7. The van der Waals surface area contributed by atoms with Crippen molar-refractivity contribution >= 4 is 30.8 Å². The van der Waals surface area contributed by atoms with Gasteiger partial charge >= 0.3 is 5.97 Å². The van der Waals surface area contributed by atoms with Crippen molar-refractivity contribution in [1.82, 2.24) is 10.3 Å². The van der Waals surface area contributed by atoms with E-state index in [0.29, 0.717) is 5.92 Å². The Morgan fingerprint density at radius 1 is 1.29 bits per heavy atom. The topological polar surface area (TPSA) is 62.2 Å². The lowest BCUT2D eigenvalue weighted by Crippen LogP contribution is -2.27. The predicted octanol–water partition coefficient (Wildman–Crippen LogP) is 2.09. The van der Waals surface area contributed by atoms with Gasteiger partial charge in [0.05, 0.1) is 5.56 Å². The van der Waals surface area contributed by atoms with Crippen LogP contribution < -0.4 is 5.32 Å². The van der Waals surface area contributed by atoms with Crippen LogP contribution in [0.15, 0.2) is 18.3 Å². The Morgan fingerprint density at radius 2 is 1.94 bits per heavy atom. The van der Waals surface area contributed by atoms with Gasteiger partial charge in [0.2, 0.25) is 0 Å². The number of halogens is 2. The van der Waals surface area contributed by atoms with E-state index in [0.717, 1.165) is 31.6 Å². The molecular weight excluding hydrogens is 263 g/mol. The van der Waals surface area contributed by atoms with Gasteiger partial charge < -0.3 is 10.4 Å². The highest BCUT2D eigenvalue weighted by Gasteiger charge is 2.16. The summed E-state index contributed by atoms with van der Waals surface area (Å²) in [6.45, 7) is 2.04. The third kappa shape index (κ3) is 4.15. The number of pyridine rings is 1.